The zero-order valence-corrected chi connectivity index (χ0v) is 15.1. The third kappa shape index (κ3) is 5.46. The molecule has 5 nitrogen and oxygen atoms in total. The first-order valence-electron chi connectivity index (χ1n) is 8.95. The maximum absolute atomic E-state index is 13.0. The molecule has 8 heteroatoms. The molecular weight excluding hydrogens is 357 g/mol. The Hall–Kier alpha value is -2.56. The van der Waals surface area contributed by atoms with E-state index in [1.165, 1.54) is 18.6 Å². The van der Waals surface area contributed by atoms with E-state index in [9.17, 15) is 18.0 Å². The van der Waals surface area contributed by atoms with Crippen molar-refractivity contribution in [3.63, 3.8) is 0 Å². The Morgan fingerprint density at radius 2 is 2.04 bits per heavy atom. The van der Waals surface area contributed by atoms with Crippen LogP contribution in [-0.4, -0.2) is 11.6 Å². The molecular formula is C19H23F3N4O. The summed E-state index contributed by atoms with van der Waals surface area (Å²) in [5.41, 5.74) is -0.763. The van der Waals surface area contributed by atoms with Gasteiger partial charge in [-0.2, -0.15) is 23.5 Å². The largest absolute Gasteiger partial charge is 0.417 e. The summed E-state index contributed by atoms with van der Waals surface area (Å²) in [6.07, 6.45) is 1.09. The molecule has 0 heterocycles. The van der Waals surface area contributed by atoms with Gasteiger partial charge in [-0.1, -0.05) is 26.2 Å². The van der Waals surface area contributed by atoms with Crippen molar-refractivity contribution in [3.8, 4) is 6.07 Å². The number of anilines is 1. The Balaban J connectivity index is 2.06. The predicted molar refractivity (Wildman–Crippen MR) is 96.8 cm³/mol. The van der Waals surface area contributed by atoms with E-state index in [4.69, 9.17) is 11.1 Å². The van der Waals surface area contributed by atoms with E-state index >= 15 is 0 Å². The van der Waals surface area contributed by atoms with Gasteiger partial charge >= 0.3 is 6.18 Å². The topological polar surface area (TPSA) is 91.3 Å². The lowest BCUT2D eigenvalue weighted by Crippen LogP contribution is -2.27. The van der Waals surface area contributed by atoms with Gasteiger partial charge in [0.15, 0.2) is 0 Å². The van der Waals surface area contributed by atoms with E-state index in [0.29, 0.717) is 6.42 Å². The van der Waals surface area contributed by atoms with Crippen molar-refractivity contribution in [2.75, 3.05) is 5.32 Å². The maximum Gasteiger partial charge on any atom is 0.417 e. The van der Waals surface area contributed by atoms with Crippen LogP contribution in [0.4, 0.5) is 18.9 Å². The average molecular weight is 380 g/mol. The van der Waals surface area contributed by atoms with Gasteiger partial charge in [0.2, 0.25) is 5.91 Å². The fourth-order valence-electron chi connectivity index (χ4n) is 3.39. The van der Waals surface area contributed by atoms with Crippen molar-refractivity contribution >= 4 is 17.3 Å². The highest BCUT2D eigenvalue weighted by atomic mass is 19.4. The first-order chi connectivity index (χ1) is 12.8. The van der Waals surface area contributed by atoms with Gasteiger partial charge in [0, 0.05) is 17.3 Å². The SMILES string of the molecule is CC(C/C(=N\N)C1CCCCC1)C(=O)Nc1ccc(C#N)c(C(F)(F)F)c1. The zero-order valence-electron chi connectivity index (χ0n) is 15.1. The molecule has 3 N–H and O–H groups in total. The highest BCUT2D eigenvalue weighted by molar-refractivity contribution is 5.97. The fourth-order valence-corrected chi connectivity index (χ4v) is 3.39. The van der Waals surface area contributed by atoms with Gasteiger partial charge in [-0.25, -0.2) is 0 Å². The molecule has 1 aliphatic rings. The molecule has 1 fully saturated rings. The molecule has 1 saturated carbocycles. The summed E-state index contributed by atoms with van der Waals surface area (Å²) in [4.78, 5) is 12.4. The summed E-state index contributed by atoms with van der Waals surface area (Å²) < 4.78 is 39.1. The summed E-state index contributed by atoms with van der Waals surface area (Å²) in [6.45, 7) is 1.69. The van der Waals surface area contributed by atoms with Crippen LogP contribution in [0.3, 0.4) is 0 Å². The highest BCUT2D eigenvalue weighted by Crippen LogP contribution is 2.34. The third-order valence-electron chi connectivity index (χ3n) is 4.92. The number of hydrogen-bond donors (Lipinski definition) is 2. The number of nitrogens with two attached hydrogens (primary N) is 1. The van der Waals surface area contributed by atoms with E-state index in [1.807, 2.05) is 0 Å². The lowest BCUT2D eigenvalue weighted by molar-refractivity contribution is -0.137. The number of benzene rings is 1. The number of halogens is 3. The Bertz CT molecular complexity index is 746. The molecule has 146 valence electrons. The first kappa shape index (κ1) is 20.7. The molecule has 27 heavy (non-hydrogen) atoms. The molecule has 1 amide bonds. The van der Waals surface area contributed by atoms with Crippen LogP contribution in [0.25, 0.3) is 0 Å². The standard InChI is InChI=1S/C19H23F3N4O/c1-12(9-17(26-24)13-5-3-2-4-6-13)18(27)25-15-8-7-14(11-23)16(10-15)19(20,21)22/h7-8,10,12-13H,2-6,9,24H2,1H3,(H,25,27)/b26-17+. The summed E-state index contributed by atoms with van der Waals surface area (Å²) in [6, 6.07) is 4.64. The Morgan fingerprint density at radius 1 is 1.37 bits per heavy atom. The van der Waals surface area contributed by atoms with E-state index in [0.717, 1.165) is 43.5 Å². The quantitative estimate of drug-likeness (QED) is 0.449. The van der Waals surface area contributed by atoms with Gasteiger partial charge in [-0.3, -0.25) is 4.79 Å². The molecule has 1 aliphatic carbocycles. The van der Waals surface area contributed by atoms with Gasteiger partial charge in [0.1, 0.15) is 0 Å². The van der Waals surface area contributed by atoms with Crippen LogP contribution in [0, 0.1) is 23.2 Å². The number of amides is 1. The van der Waals surface area contributed by atoms with E-state index in [2.05, 4.69) is 10.4 Å². The van der Waals surface area contributed by atoms with Crippen molar-refractivity contribution in [1.82, 2.24) is 0 Å². The average Bonchev–Trinajstić information content (AvgIpc) is 2.65. The lowest BCUT2D eigenvalue weighted by atomic mass is 9.82. The summed E-state index contributed by atoms with van der Waals surface area (Å²) in [5, 5.41) is 15.2. The molecule has 0 aromatic heterocycles. The van der Waals surface area contributed by atoms with Gasteiger partial charge in [-0.05, 0) is 43.4 Å². The van der Waals surface area contributed by atoms with Crippen LogP contribution in [0.5, 0.6) is 0 Å². The molecule has 1 unspecified atom stereocenters. The molecule has 1 atom stereocenters. The highest BCUT2D eigenvalue weighted by Gasteiger charge is 2.34. The second kappa shape index (κ2) is 8.89. The minimum atomic E-state index is -4.67. The molecule has 0 spiro atoms. The second-order valence-corrected chi connectivity index (χ2v) is 6.92. The van der Waals surface area contributed by atoms with Crippen molar-refractivity contribution < 1.29 is 18.0 Å². The molecule has 0 aliphatic heterocycles. The van der Waals surface area contributed by atoms with E-state index in [-0.39, 0.29) is 11.6 Å². The minimum absolute atomic E-state index is 0.00192. The van der Waals surface area contributed by atoms with E-state index in [1.54, 1.807) is 6.92 Å². The molecule has 1 aromatic carbocycles. The first-order valence-corrected chi connectivity index (χ1v) is 8.95. The number of nitrogens with one attached hydrogen (secondary N) is 1. The van der Waals surface area contributed by atoms with Crippen molar-refractivity contribution in [2.24, 2.45) is 22.8 Å². The molecule has 2 rings (SSSR count). The molecule has 0 bridgehead atoms. The second-order valence-electron chi connectivity index (χ2n) is 6.92. The Labute approximate surface area is 156 Å². The smallest absolute Gasteiger partial charge is 0.326 e. The Morgan fingerprint density at radius 3 is 2.59 bits per heavy atom. The maximum atomic E-state index is 13.0. The van der Waals surface area contributed by atoms with Crippen molar-refractivity contribution in [3.05, 3.63) is 29.3 Å². The van der Waals surface area contributed by atoms with Crippen LogP contribution >= 0.6 is 0 Å². The van der Waals surface area contributed by atoms with Crippen LogP contribution in [0.1, 0.15) is 56.6 Å². The predicted octanol–water partition coefficient (Wildman–Crippen LogP) is 4.44. The summed E-state index contributed by atoms with van der Waals surface area (Å²) in [5.74, 6) is 4.88. The number of alkyl halides is 3. The number of nitriles is 1. The van der Waals surface area contributed by atoms with Crippen LogP contribution < -0.4 is 11.2 Å². The number of nitrogens with zero attached hydrogens (tertiary/aromatic N) is 2. The van der Waals surface area contributed by atoms with Gasteiger partial charge < -0.3 is 11.2 Å². The number of rotatable bonds is 5. The van der Waals surface area contributed by atoms with Crippen molar-refractivity contribution in [2.45, 2.75) is 51.6 Å². The molecule has 1 aromatic rings. The summed E-state index contributed by atoms with van der Waals surface area (Å²) in [7, 11) is 0. The number of hydrogen-bond acceptors (Lipinski definition) is 4. The van der Waals surface area contributed by atoms with Crippen LogP contribution in [0.15, 0.2) is 23.3 Å². The number of carbonyl (C=O) groups excluding carboxylic acids is 1. The van der Waals surface area contributed by atoms with Gasteiger partial charge in [-0.15, -0.1) is 0 Å². The van der Waals surface area contributed by atoms with Crippen LogP contribution in [-0.2, 0) is 11.0 Å². The van der Waals surface area contributed by atoms with Gasteiger partial charge in [0.25, 0.3) is 0 Å². The monoisotopic (exact) mass is 380 g/mol. The number of carbonyl (C=O) groups is 1. The zero-order chi connectivity index (χ0) is 20.0. The van der Waals surface area contributed by atoms with Crippen molar-refractivity contribution in [1.29, 1.82) is 5.26 Å². The molecule has 0 saturated heterocycles. The fraction of sp³-hybridized carbons (Fsp3) is 0.526. The summed E-state index contributed by atoms with van der Waals surface area (Å²) >= 11 is 0. The number of hydrazone groups is 1. The van der Waals surface area contributed by atoms with Gasteiger partial charge in [0.05, 0.1) is 17.2 Å². The lowest BCUT2D eigenvalue weighted by Gasteiger charge is -2.24. The third-order valence-corrected chi connectivity index (χ3v) is 4.92. The minimum Gasteiger partial charge on any atom is -0.326 e. The van der Waals surface area contributed by atoms with Crippen LogP contribution in [0.2, 0.25) is 0 Å². The normalized spacial score (nSPS) is 17.2. The molecule has 0 radical (unpaired) electrons. The Kier molecular flexibility index (Phi) is 6.83. The van der Waals surface area contributed by atoms with E-state index < -0.39 is 29.1 Å².